The summed E-state index contributed by atoms with van der Waals surface area (Å²) in [5.41, 5.74) is 4.47. The van der Waals surface area contributed by atoms with Gasteiger partial charge in [0.05, 0.1) is 24.0 Å². The number of urea groups is 1. The number of carbonyl (C=O) groups is 4. The lowest BCUT2D eigenvalue weighted by Crippen LogP contribution is -2.58. The molecule has 4 N–H and O–H groups in total. The maximum atomic E-state index is 13.9. The Bertz CT molecular complexity index is 1530. The van der Waals surface area contributed by atoms with Crippen molar-refractivity contribution in [1.82, 2.24) is 20.9 Å². The number of anilines is 2. The van der Waals surface area contributed by atoms with Crippen LogP contribution in [-0.2, 0) is 33.7 Å². The SMILES string of the molecule is CCOC(=O)NC(=O)Nc1ccccc1N1CCN(C(=O)[C@@H](Cc2ccc(Cl)cc2)NC(=O)[C@H]2Cc3ccccc3CN2)CC1. The van der Waals surface area contributed by atoms with Gasteiger partial charge in [0.15, 0.2) is 0 Å². The van der Waals surface area contributed by atoms with E-state index in [1.807, 2.05) is 42.5 Å². The normalized spacial score (nSPS) is 16.6. The molecule has 0 saturated carbocycles. The Labute approximate surface area is 267 Å². The molecule has 2 aliphatic rings. The number of alkyl carbamates (subject to hydrolysis) is 1. The summed E-state index contributed by atoms with van der Waals surface area (Å²) in [5.74, 6) is -0.370. The van der Waals surface area contributed by atoms with Crippen molar-refractivity contribution in [3.63, 3.8) is 0 Å². The van der Waals surface area contributed by atoms with Crippen molar-refractivity contribution >= 4 is 46.9 Å². The van der Waals surface area contributed by atoms with Crippen molar-refractivity contribution in [3.8, 4) is 0 Å². The van der Waals surface area contributed by atoms with Crippen molar-refractivity contribution < 1.29 is 23.9 Å². The monoisotopic (exact) mass is 632 g/mol. The van der Waals surface area contributed by atoms with Gasteiger partial charge in [-0.3, -0.25) is 9.59 Å². The minimum Gasteiger partial charge on any atom is -0.450 e. The first kappa shape index (κ1) is 31.8. The molecule has 1 fully saturated rings. The summed E-state index contributed by atoms with van der Waals surface area (Å²) in [6.45, 7) is 4.24. The van der Waals surface area contributed by atoms with Crippen LogP contribution in [0, 0.1) is 0 Å². The Kier molecular flexibility index (Phi) is 10.5. The molecule has 3 aromatic carbocycles. The molecule has 0 unspecified atom stereocenters. The number of carbonyl (C=O) groups excluding carboxylic acids is 4. The third-order valence-corrected chi connectivity index (χ3v) is 8.19. The quantitative estimate of drug-likeness (QED) is 0.298. The van der Waals surface area contributed by atoms with Crippen LogP contribution in [0.5, 0.6) is 0 Å². The van der Waals surface area contributed by atoms with Crippen molar-refractivity contribution in [1.29, 1.82) is 0 Å². The summed E-state index contributed by atoms with van der Waals surface area (Å²) in [7, 11) is 0. The van der Waals surface area contributed by atoms with Gasteiger partial charge in [0, 0.05) is 44.2 Å². The molecular weight excluding hydrogens is 596 g/mol. The summed E-state index contributed by atoms with van der Waals surface area (Å²) in [6, 6.07) is 20.7. The standard InChI is InChI=1S/C33H37ClN6O5/c1-2-45-33(44)38-32(43)37-26-9-5-6-10-29(26)39-15-17-40(18-16-39)31(42)28(19-22-11-13-25(34)14-12-22)36-30(41)27-20-23-7-3-4-8-24(23)21-35-27/h3-14,27-28,35H,2,15-21H2,1H3,(H,36,41)(H2,37,38,43,44)/t27-,28-/m1/s1. The highest BCUT2D eigenvalue weighted by Gasteiger charge is 2.32. The van der Waals surface area contributed by atoms with Gasteiger partial charge in [-0.25, -0.2) is 14.9 Å². The Hall–Kier alpha value is -4.61. The van der Waals surface area contributed by atoms with Gasteiger partial charge < -0.3 is 30.5 Å². The number of halogens is 1. The number of piperazine rings is 1. The lowest BCUT2D eigenvalue weighted by atomic mass is 9.95. The molecule has 0 aromatic heterocycles. The predicted molar refractivity (Wildman–Crippen MR) is 172 cm³/mol. The highest BCUT2D eigenvalue weighted by molar-refractivity contribution is 6.30. The number of imide groups is 1. The van der Waals surface area contributed by atoms with Crippen molar-refractivity contribution in [2.24, 2.45) is 0 Å². The highest BCUT2D eigenvalue weighted by atomic mass is 35.5. The second kappa shape index (κ2) is 14.9. The number of benzene rings is 3. The van der Waals surface area contributed by atoms with E-state index in [9.17, 15) is 19.2 Å². The Balaban J connectivity index is 1.24. The average molecular weight is 633 g/mol. The van der Waals surface area contributed by atoms with Gasteiger partial charge in [-0.05, 0) is 54.3 Å². The highest BCUT2D eigenvalue weighted by Crippen LogP contribution is 2.27. The van der Waals surface area contributed by atoms with E-state index < -0.39 is 24.2 Å². The van der Waals surface area contributed by atoms with E-state index in [1.54, 1.807) is 36.1 Å². The molecule has 236 valence electrons. The molecule has 2 heterocycles. The first-order valence-electron chi connectivity index (χ1n) is 15.0. The molecule has 45 heavy (non-hydrogen) atoms. The van der Waals surface area contributed by atoms with E-state index in [2.05, 4.69) is 32.2 Å². The number of amides is 5. The molecule has 2 atom stereocenters. The largest absolute Gasteiger partial charge is 0.450 e. The third-order valence-electron chi connectivity index (χ3n) is 7.94. The zero-order chi connectivity index (χ0) is 31.8. The zero-order valence-corrected chi connectivity index (χ0v) is 25.8. The average Bonchev–Trinajstić information content (AvgIpc) is 3.05. The Morgan fingerprint density at radius 1 is 0.933 bits per heavy atom. The number of para-hydroxylation sites is 2. The van der Waals surface area contributed by atoms with E-state index >= 15 is 0 Å². The van der Waals surface area contributed by atoms with E-state index in [0.29, 0.717) is 56.3 Å². The predicted octanol–water partition coefficient (Wildman–Crippen LogP) is 3.71. The van der Waals surface area contributed by atoms with Gasteiger partial charge >= 0.3 is 12.1 Å². The van der Waals surface area contributed by atoms with E-state index in [-0.39, 0.29) is 18.4 Å². The van der Waals surface area contributed by atoms with Crippen LogP contribution >= 0.6 is 11.6 Å². The van der Waals surface area contributed by atoms with Crippen LogP contribution in [0.15, 0.2) is 72.8 Å². The fraction of sp³-hybridized carbons (Fsp3) is 0.333. The topological polar surface area (TPSA) is 132 Å². The number of rotatable bonds is 8. The number of ether oxygens (including phenoxy) is 1. The van der Waals surface area contributed by atoms with Gasteiger partial charge in [0.1, 0.15) is 6.04 Å². The molecule has 2 aliphatic heterocycles. The fourth-order valence-corrected chi connectivity index (χ4v) is 5.75. The van der Waals surface area contributed by atoms with E-state index in [1.165, 1.54) is 5.56 Å². The van der Waals surface area contributed by atoms with Crippen LogP contribution in [0.3, 0.4) is 0 Å². The summed E-state index contributed by atoms with van der Waals surface area (Å²) in [6.07, 6.45) is 0.0467. The minimum absolute atomic E-state index is 0.148. The summed E-state index contributed by atoms with van der Waals surface area (Å²) >= 11 is 6.09. The molecule has 0 aliphatic carbocycles. The molecular formula is C33H37ClN6O5. The first-order valence-corrected chi connectivity index (χ1v) is 15.4. The lowest BCUT2D eigenvalue weighted by Gasteiger charge is -2.38. The molecule has 1 saturated heterocycles. The van der Waals surface area contributed by atoms with E-state index in [0.717, 1.165) is 16.8 Å². The van der Waals surface area contributed by atoms with Crippen LogP contribution in [0.2, 0.25) is 5.02 Å². The second-order valence-corrected chi connectivity index (χ2v) is 11.4. The van der Waals surface area contributed by atoms with Crippen LogP contribution in [-0.4, -0.2) is 73.7 Å². The number of fused-ring (bicyclic) bond motifs is 1. The van der Waals surface area contributed by atoms with E-state index in [4.69, 9.17) is 16.3 Å². The third kappa shape index (κ3) is 8.31. The van der Waals surface area contributed by atoms with Gasteiger partial charge in [-0.15, -0.1) is 0 Å². The maximum absolute atomic E-state index is 13.9. The molecule has 0 radical (unpaired) electrons. The van der Waals surface area contributed by atoms with Gasteiger partial charge in [0.2, 0.25) is 11.8 Å². The molecule has 5 amide bonds. The molecule has 0 spiro atoms. The molecule has 3 aromatic rings. The smallest absolute Gasteiger partial charge is 0.415 e. The number of nitrogens with one attached hydrogen (secondary N) is 4. The summed E-state index contributed by atoms with van der Waals surface area (Å²) in [4.78, 5) is 55.2. The second-order valence-electron chi connectivity index (χ2n) is 10.9. The van der Waals surface area contributed by atoms with Crippen LogP contribution in [0.1, 0.15) is 23.6 Å². The van der Waals surface area contributed by atoms with Gasteiger partial charge in [-0.2, -0.15) is 0 Å². The number of nitrogens with zero attached hydrogens (tertiary/aromatic N) is 2. The summed E-state index contributed by atoms with van der Waals surface area (Å²) in [5, 5.41) is 11.8. The van der Waals surface area contributed by atoms with Crippen molar-refractivity contribution in [2.45, 2.75) is 38.4 Å². The van der Waals surface area contributed by atoms with Gasteiger partial charge in [-0.1, -0.05) is 60.1 Å². The van der Waals surface area contributed by atoms with Crippen LogP contribution in [0.25, 0.3) is 0 Å². The Morgan fingerprint density at radius 2 is 1.62 bits per heavy atom. The van der Waals surface area contributed by atoms with Crippen molar-refractivity contribution in [2.75, 3.05) is 43.0 Å². The minimum atomic E-state index is -0.830. The summed E-state index contributed by atoms with van der Waals surface area (Å²) < 4.78 is 4.77. The van der Waals surface area contributed by atoms with Gasteiger partial charge in [0.25, 0.3) is 0 Å². The fourth-order valence-electron chi connectivity index (χ4n) is 5.62. The molecule has 0 bridgehead atoms. The maximum Gasteiger partial charge on any atom is 0.415 e. The zero-order valence-electron chi connectivity index (χ0n) is 25.1. The molecule has 12 heteroatoms. The first-order chi connectivity index (χ1) is 21.8. The van der Waals surface area contributed by atoms with Crippen LogP contribution in [0.4, 0.5) is 21.0 Å². The number of hydrogen-bond donors (Lipinski definition) is 4. The lowest BCUT2D eigenvalue weighted by molar-refractivity contribution is -0.137. The molecule has 5 rings (SSSR count). The van der Waals surface area contributed by atoms with Crippen LogP contribution < -0.4 is 26.2 Å². The Morgan fingerprint density at radius 3 is 2.36 bits per heavy atom. The molecule has 11 nitrogen and oxygen atoms in total. The van der Waals surface area contributed by atoms with Crippen molar-refractivity contribution in [3.05, 3.63) is 94.5 Å². The number of hydrogen-bond acceptors (Lipinski definition) is 7.